The first-order valence-corrected chi connectivity index (χ1v) is 6.20. The van der Waals surface area contributed by atoms with Gasteiger partial charge in [-0.25, -0.2) is 0 Å². The van der Waals surface area contributed by atoms with Crippen molar-refractivity contribution in [1.82, 2.24) is 0 Å². The molecule has 2 aromatic rings. The maximum Gasteiger partial charge on any atom is 0.0405 e. The highest BCUT2D eigenvalue weighted by Gasteiger charge is 2.01. The zero-order valence-electron chi connectivity index (χ0n) is 10.6. The molecule has 18 heavy (non-hydrogen) atoms. The molecule has 0 radical (unpaired) electrons. The third kappa shape index (κ3) is 2.94. The van der Waals surface area contributed by atoms with E-state index in [1.807, 2.05) is 36.4 Å². The van der Waals surface area contributed by atoms with E-state index in [1.54, 1.807) is 0 Å². The van der Waals surface area contributed by atoms with E-state index in [0.29, 0.717) is 0 Å². The van der Waals surface area contributed by atoms with Crippen LogP contribution in [0.3, 0.4) is 0 Å². The average molecular weight is 241 g/mol. The first kappa shape index (κ1) is 12.3. The predicted octanol–water partition coefficient (Wildman–Crippen LogP) is 3.55. The number of rotatable bonds is 4. The summed E-state index contributed by atoms with van der Waals surface area (Å²) in [5.41, 5.74) is 16.5. The van der Waals surface area contributed by atoms with Gasteiger partial charge in [0.1, 0.15) is 0 Å². The molecule has 0 bridgehead atoms. The van der Waals surface area contributed by atoms with Crippen LogP contribution < -0.4 is 16.8 Å². The summed E-state index contributed by atoms with van der Waals surface area (Å²) in [5.74, 6) is 0. The molecule has 0 aliphatic heterocycles. The molecule has 0 aliphatic carbocycles. The van der Waals surface area contributed by atoms with Gasteiger partial charge in [0.25, 0.3) is 0 Å². The van der Waals surface area contributed by atoms with Crippen molar-refractivity contribution < 1.29 is 0 Å². The number of nitrogens with two attached hydrogens (primary N) is 2. The van der Waals surface area contributed by atoms with Crippen molar-refractivity contribution in [2.75, 3.05) is 16.8 Å². The molecule has 0 fully saturated rings. The third-order valence-electron chi connectivity index (χ3n) is 2.84. The molecule has 0 unspecified atom stereocenters. The Morgan fingerprint density at radius 1 is 1.00 bits per heavy atom. The Hall–Kier alpha value is -2.16. The van der Waals surface area contributed by atoms with Crippen LogP contribution in [-0.2, 0) is 6.42 Å². The Balaban J connectivity index is 2.17. The fourth-order valence-corrected chi connectivity index (χ4v) is 1.95. The van der Waals surface area contributed by atoms with E-state index < -0.39 is 0 Å². The first-order valence-electron chi connectivity index (χ1n) is 6.20. The second-order valence-corrected chi connectivity index (χ2v) is 4.41. The minimum atomic E-state index is 0.746. The minimum Gasteiger partial charge on any atom is -0.399 e. The molecule has 94 valence electrons. The van der Waals surface area contributed by atoms with Crippen LogP contribution in [0.4, 0.5) is 22.7 Å². The van der Waals surface area contributed by atoms with E-state index in [0.717, 1.165) is 35.6 Å². The second-order valence-electron chi connectivity index (χ2n) is 4.41. The van der Waals surface area contributed by atoms with Crippen LogP contribution in [0.2, 0.25) is 0 Å². The second kappa shape index (κ2) is 5.45. The number of anilines is 4. The van der Waals surface area contributed by atoms with Gasteiger partial charge in [-0.3, -0.25) is 0 Å². The number of nitrogen functional groups attached to an aromatic ring is 2. The van der Waals surface area contributed by atoms with Gasteiger partial charge in [-0.1, -0.05) is 25.5 Å². The maximum absolute atomic E-state index is 6.03. The van der Waals surface area contributed by atoms with Crippen molar-refractivity contribution in [3.63, 3.8) is 0 Å². The molecule has 2 rings (SSSR count). The monoisotopic (exact) mass is 241 g/mol. The van der Waals surface area contributed by atoms with Crippen LogP contribution in [0.25, 0.3) is 0 Å². The van der Waals surface area contributed by atoms with Crippen LogP contribution in [-0.4, -0.2) is 0 Å². The molecule has 0 saturated carbocycles. The Morgan fingerprint density at radius 3 is 2.44 bits per heavy atom. The summed E-state index contributed by atoms with van der Waals surface area (Å²) in [6, 6.07) is 13.8. The lowest BCUT2D eigenvalue weighted by Crippen LogP contribution is -1.97. The standard InChI is InChI=1S/C15H19N3/c1-2-4-11-7-8-14(10-15(11)17)18-13-6-3-5-12(16)9-13/h3,5-10,18H,2,4,16-17H2,1H3. The summed E-state index contributed by atoms with van der Waals surface area (Å²) in [6.45, 7) is 2.15. The quantitative estimate of drug-likeness (QED) is 0.717. The molecule has 0 aromatic heterocycles. The Kier molecular flexibility index (Phi) is 3.72. The highest BCUT2D eigenvalue weighted by molar-refractivity contribution is 5.67. The molecule has 0 atom stereocenters. The van der Waals surface area contributed by atoms with E-state index in [2.05, 4.69) is 18.3 Å². The summed E-state index contributed by atoms with van der Waals surface area (Å²) in [7, 11) is 0. The van der Waals surface area contributed by atoms with Crippen molar-refractivity contribution >= 4 is 22.7 Å². The average Bonchev–Trinajstić information content (AvgIpc) is 2.33. The van der Waals surface area contributed by atoms with Crippen molar-refractivity contribution in [2.24, 2.45) is 0 Å². The fraction of sp³-hybridized carbons (Fsp3) is 0.200. The van der Waals surface area contributed by atoms with E-state index >= 15 is 0 Å². The van der Waals surface area contributed by atoms with Crippen molar-refractivity contribution in [2.45, 2.75) is 19.8 Å². The van der Waals surface area contributed by atoms with Gasteiger partial charge in [0, 0.05) is 22.7 Å². The maximum atomic E-state index is 6.03. The first-order chi connectivity index (χ1) is 8.69. The van der Waals surface area contributed by atoms with Crippen molar-refractivity contribution in [1.29, 1.82) is 0 Å². The Labute approximate surface area is 108 Å². The van der Waals surface area contributed by atoms with Crippen molar-refractivity contribution in [3.8, 4) is 0 Å². The zero-order valence-corrected chi connectivity index (χ0v) is 10.6. The highest BCUT2D eigenvalue weighted by atomic mass is 14.9. The van der Waals surface area contributed by atoms with Crippen LogP contribution in [0.5, 0.6) is 0 Å². The molecule has 0 spiro atoms. The number of hydrogen-bond acceptors (Lipinski definition) is 3. The van der Waals surface area contributed by atoms with Gasteiger partial charge in [-0.2, -0.15) is 0 Å². The fourth-order valence-electron chi connectivity index (χ4n) is 1.95. The van der Waals surface area contributed by atoms with Crippen molar-refractivity contribution in [3.05, 3.63) is 48.0 Å². The Morgan fingerprint density at radius 2 is 1.78 bits per heavy atom. The summed E-state index contributed by atoms with van der Waals surface area (Å²) in [6.07, 6.45) is 2.12. The van der Waals surface area contributed by atoms with Gasteiger partial charge in [0.15, 0.2) is 0 Å². The van der Waals surface area contributed by atoms with Gasteiger partial charge in [0.05, 0.1) is 0 Å². The number of hydrogen-bond donors (Lipinski definition) is 3. The molecule has 0 amide bonds. The van der Waals surface area contributed by atoms with E-state index in [9.17, 15) is 0 Å². The molecule has 3 nitrogen and oxygen atoms in total. The molecule has 0 heterocycles. The SMILES string of the molecule is CCCc1ccc(Nc2cccc(N)c2)cc1N. The van der Waals surface area contributed by atoms with E-state index in [-0.39, 0.29) is 0 Å². The molecule has 5 N–H and O–H groups in total. The lowest BCUT2D eigenvalue weighted by atomic mass is 10.1. The van der Waals surface area contributed by atoms with E-state index in [4.69, 9.17) is 11.5 Å². The molecular weight excluding hydrogens is 222 g/mol. The minimum absolute atomic E-state index is 0.746. The molecule has 0 saturated heterocycles. The van der Waals surface area contributed by atoms with Crippen LogP contribution in [0.1, 0.15) is 18.9 Å². The lowest BCUT2D eigenvalue weighted by Gasteiger charge is -2.10. The highest BCUT2D eigenvalue weighted by Crippen LogP contribution is 2.23. The number of nitrogens with one attached hydrogen (secondary N) is 1. The zero-order chi connectivity index (χ0) is 13.0. The summed E-state index contributed by atoms with van der Waals surface area (Å²) < 4.78 is 0. The molecule has 0 aliphatic rings. The predicted molar refractivity (Wildman–Crippen MR) is 79.0 cm³/mol. The van der Waals surface area contributed by atoms with Gasteiger partial charge < -0.3 is 16.8 Å². The number of aryl methyl sites for hydroxylation is 1. The summed E-state index contributed by atoms with van der Waals surface area (Å²) in [5, 5.41) is 3.29. The van der Waals surface area contributed by atoms with Gasteiger partial charge in [-0.05, 0) is 42.3 Å². The van der Waals surface area contributed by atoms with Gasteiger partial charge >= 0.3 is 0 Å². The van der Waals surface area contributed by atoms with E-state index in [1.165, 1.54) is 5.56 Å². The van der Waals surface area contributed by atoms with Crippen LogP contribution in [0, 0.1) is 0 Å². The number of benzene rings is 2. The summed E-state index contributed by atoms with van der Waals surface area (Å²) in [4.78, 5) is 0. The van der Waals surface area contributed by atoms with Crippen LogP contribution in [0.15, 0.2) is 42.5 Å². The topological polar surface area (TPSA) is 64.1 Å². The van der Waals surface area contributed by atoms with Gasteiger partial charge in [-0.15, -0.1) is 0 Å². The normalized spacial score (nSPS) is 10.3. The molecular formula is C15H19N3. The third-order valence-corrected chi connectivity index (χ3v) is 2.84. The lowest BCUT2D eigenvalue weighted by molar-refractivity contribution is 0.924. The Bertz CT molecular complexity index is 535. The largest absolute Gasteiger partial charge is 0.399 e. The molecule has 2 aromatic carbocycles. The smallest absolute Gasteiger partial charge is 0.0405 e. The van der Waals surface area contributed by atoms with Crippen LogP contribution >= 0.6 is 0 Å². The van der Waals surface area contributed by atoms with Gasteiger partial charge in [0.2, 0.25) is 0 Å². The molecule has 3 heteroatoms. The summed E-state index contributed by atoms with van der Waals surface area (Å²) >= 11 is 0.